The SMILES string of the molecule is CC1CN(S(=O)(=O)c2cccc3c(=O)[nH]ccc23)c2ccccc21.CC1CNc2ccccc21.O=c1[nH]ccc2c(S(=O)(=O)Cl)cccc12. The molecule has 2 aliphatic rings. The highest BCUT2D eigenvalue weighted by molar-refractivity contribution is 8.14. The fourth-order valence-corrected chi connectivity index (χ4v) is 9.08. The summed E-state index contributed by atoms with van der Waals surface area (Å²) in [5, 5.41) is 4.80. The largest absolute Gasteiger partial charge is 0.384 e. The fraction of sp³-hybridized carbons (Fsp3) is 0.167. The maximum absolute atomic E-state index is 13.3. The summed E-state index contributed by atoms with van der Waals surface area (Å²) in [5.41, 5.74) is 3.89. The van der Waals surface area contributed by atoms with Gasteiger partial charge in [-0.3, -0.25) is 13.9 Å². The normalized spacial score (nSPS) is 16.5. The molecular weight excluding hydrogens is 684 g/mol. The van der Waals surface area contributed by atoms with Crippen LogP contribution in [-0.2, 0) is 19.1 Å². The minimum absolute atomic E-state index is 0.0484. The van der Waals surface area contributed by atoms with Crippen LogP contribution in [0.2, 0.25) is 0 Å². The lowest BCUT2D eigenvalue weighted by atomic mass is 10.0. The lowest BCUT2D eigenvalue weighted by Crippen LogP contribution is -2.30. The van der Waals surface area contributed by atoms with Gasteiger partial charge in [-0.15, -0.1) is 0 Å². The van der Waals surface area contributed by atoms with E-state index in [0.29, 0.717) is 39.7 Å². The number of para-hydroxylation sites is 2. The van der Waals surface area contributed by atoms with Crippen molar-refractivity contribution < 1.29 is 16.8 Å². The summed E-state index contributed by atoms with van der Waals surface area (Å²) in [7, 11) is -2.32. The molecule has 252 valence electrons. The number of hydrogen-bond acceptors (Lipinski definition) is 7. The van der Waals surface area contributed by atoms with Crippen molar-refractivity contribution >= 4 is 62.7 Å². The fourth-order valence-electron chi connectivity index (χ4n) is 6.21. The average Bonchev–Trinajstić information content (AvgIpc) is 3.65. The summed E-state index contributed by atoms with van der Waals surface area (Å²) < 4.78 is 50.4. The van der Waals surface area contributed by atoms with Crippen molar-refractivity contribution in [3.63, 3.8) is 0 Å². The zero-order chi connectivity index (χ0) is 34.9. The van der Waals surface area contributed by atoms with E-state index in [0.717, 1.165) is 12.1 Å². The van der Waals surface area contributed by atoms with E-state index in [4.69, 9.17) is 10.7 Å². The minimum atomic E-state index is -3.83. The van der Waals surface area contributed by atoms with Crippen LogP contribution in [0.4, 0.5) is 11.4 Å². The first-order valence-electron chi connectivity index (χ1n) is 15.5. The van der Waals surface area contributed by atoms with Crippen molar-refractivity contribution in [3.8, 4) is 0 Å². The van der Waals surface area contributed by atoms with Gasteiger partial charge in [-0.25, -0.2) is 16.8 Å². The molecular formula is C36H33ClN4O6S2. The first-order valence-corrected chi connectivity index (χ1v) is 19.2. The van der Waals surface area contributed by atoms with Crippen LogP contribution in [0.25, 0.3) is 21.5 Å². The molecule has 2 aromatic heterocycles. The molecule has 0 saturated heterocycles. The van der Waals surface area contributed by atoms with Gasteiger partial charge in [-0.1, -0.05) is 62.4 Å². The zero-order valence-electron chi connectivity index (χ0n) is 26.6. The molecule has 0 amide bonds. The zero-order valence-corrected chi connectivity index (χ0v) is 28.9. The van der Waals surface area contributed by atoms with E-state index in [2.05, 4.69) is 46.5 Å². The van der Waals surface area contributed by atoms with E-state index in [1.165, 1.54) is 46.1 Å². The molecule has 0 bridgehead atoms. The summed E-state index contributed by atoms with van der Waals surface area (Å²) in [4.78, 5) is 28.5. The van der Waals surface area contributed by atoms with Gasteiger partial charge >= 0.3 is 0 Å². The second kappa shape index (κ2) is 13.5. The molecule has 2 unspecified atom stereocenters. The molecule has 8 rings (SSSR count). The maximum atomic E-state index is 13.3. The molecule has 4 heterocycles. The standard InChI is InChI=1S/C18H16N2O3S.C9H6ClNO3S.C9H11N/c1-12-11-20(16-7-3-2-5-13(12)16)24(22,23)17-8-4-6-15-14(17)9-10-19-18(15)21;10-15(13,14)8-3-1-2-7-6(8)4-5-11-9(7)12;1-7-6-10-9-5-3-2-4-8(7)9/h2-10,12H,11H2,1H3,(H,19,21);1-5H,(H,11,12);2-5,7,10H,6H2,1H3. The monoisotopic (exact) mass is 716 g/mol. The number of pyridine rings is 2. The number of aromatic nitrogens is 2. The summed E-state index contributed by atoms with van der Waals surface area (Å²) in [6, 6.07) is 28.4. The third kappa shape index (κ3) is 6.71. The van der Waals surface area contributed by atoms with Crippen LogP contribution in [0.15, 0.2) is 129 Å². The van der Waals surface area contributed by atoms with Gasteiger partial charge in [-0.2, -0.15) is 0 Å². The third-order valence-corrected chi connectivity index (χ3v) is 11.9. The second-order valence-electron chi connectivity index (χ2n) is 11.9. The van der Waals surface area contributed by atoms with Gasteiger partial charge in [0.2, 0.25) is 0 Å². The van der Waals surface area contributed by atoms with Crippen molar-refractivity contribution in [2.45, 2.75) is 35.5 Å². The summed E-state index contributed by atoms with van der Waals surface area (Å²) >= 11 is 0. The number of anilines is 2. The molecule has 2 aliphatic heterocycles. The smallest absolute Gasteiger partial charge is 0.264 e. The van der Waals surface area contributed by atoms with Gasteiger partial charge in [0, 0.05) is 75.2 Å². The predicted octanol–water partition coefficient (Wildman–Crippen LogP) is 6.51. The first-order chi connectivity index (χ1) is 23.4. The highest BCUT2D eigenvalue weighted by atomic mass is 35.7. The van der Waals surface area contributed by atoms with Crippen LogP contribution in [0.1, 0.15) is 36.8 Å². The molecule has 0 fully saturated rings. The Kier molecular flexibility index (Phi) is 9.39. The van der Waals surface area contributed by atoms with Crippen molar-refractivity contribution in [1.29, 1.82) is 0 Å². The van der Waals surface area contributed by atoms with E-state index >= 15 is 0 Å². The van der Waals surface area contributed by atoms with Crippen molar-refractivity contribution in [2.24, 2.45) is 0 Å². The maximum Gasteiger partial charge on any atom is 0.264 e. The summed E-state index contributed by atoms with van der Waals surface area (Å²) in [6.07, 6.45) is 2.86. The number of rotatable bonds is 3. The van der Waals surface area contributed by atoms with Gasteiger partial charge in [0.05, 0.1) is 15.5 Å². The highest BCUT2D eigenvalue weighted by Gasteiger charge is 2.35. The Morgan fingerprint density at radius 2 is 1.18 bits per heavy atom. The molecule has 0 spiro atoms. The topological polar surface area (TPSA) is 149 Å². The Hall–Kier alpha value is -4.91. The van der Waals surface area contributed by atoms with E-state index in [1.807, 2.05) is 31.2 Å². The Labute approximate surface area is 287 Å². The van der Waals surface area contributed by atoms with Gasteiger partial charge in [0.25, 0.3) is 30.2 Å². The number of halogens is 1. The van der Waals surface area contributed by atoms with Crippen LogP contribution in [0.3, 0.4) is 0 Å². The molecule has 2 atom stereocenters. The summed E-state index contributed by atoms with van der Waals surface area (Å²) in [5.74, 6) is 0.825. The van der Waals surface area contributed by atoms with Crippen LogP contribution in [-0.4, -0.2) is 39.9 Å². The Bertz CT molecular complexity index is 2530. The number of fused-ring (bicyclic) bond motifs is 4. The lowest BCUT2D eigenvalue weighted by Gasteiger charge is -2.20. The first kappa shape index (κ1) is 34.0. The average molecular weight is 717 g/mol. The molecule has 0 saturated carbocycles. The molecule has 4 aromatic carbocycles. The number of aromatic amines is 2. The van der Waals surface area contributed by atoms with Gasteiger partial charge in [0.1, 0.15) is 0 Å². The quantitative estimate of drug-likeness (QED) is 0.177. The predicted molar refractivity (Wildman–Crippen MR) is 195 cm³/mol. The molecule has 10 nitrogen and oxygen atoms in total. The van der Waals surface area contributed by atoms with Gasteiger partial charge in [-0.05, 0) is 59.7 Å². The van der Waals surface area contributed by atoms with Crippen molar-refractivity contribution in [2.75, 3.05) is 22.7 Å². The number of nitrogens with zero attached hydrogens (tertiary/aromatic N) is 1. The van der Waals surface area contributed by atoms with E-state index in [-0.39, 0.29) is 26.8 Å². The van der Waals surface area contributed by atoms with Crippen molar-refractivity contribution in [3.05, 3.63) is 141 Å². The van der Waals surface area contributed by atoms with E-state index < -0.39 is 19.1 Å². The number of hydrogen-bond donors (Lipinski definition) is 3. The highest BCUT2D eigenvalue weighted by Crippen LogP contribution is 2.40. The number of sulfonamides is 1. The minimum Gasteiger partial charge on any atom is -0.384 e. The third-order valence-electron chi connectivity index (χ3n) is 8.65. The Balaban J connectivity index is 0.000000141. The number of benzene rings is 4. The van der Waals surface area contributed by atoms with Gasteiger partial charge < -0.3 is 15.3 Å². The second-order valence-corrected chi connectivity index (χ2v) is 16.2. The molecule has 0 radical (unpaired) electrons. The van der Waals surface area contributed by atoms with Crippen LogP contribution in [0.5, 0.6) is 0 Å². The molecule has 13 heteroatoms. The molecule has 6 aromatic rings. The molecule has 49 heavy (non-hydrogen) atoms. The van der Waals surface area contributed by atoms with Crippen LogP contribution < -0.4 is 20.7 Å². The van der Waals surface area contributed by atoms with E-state index in [1.54, 1.807) is 30.3 Å². The Morgan fingerprint density at radius 1 is 0.633 bits per heavy atom. The molecule has 3 N–H and O–H groups in total. The van der Waals surface area contributed by atoms with Crippen molar-refractivity contribution in [1.82, 2.24) is 9.97 Å². The van der Waals surface area contributed by atoms with E-state index in [9.17, 15) is 26.4 Å². The van der Waals surface area contributed by atoms with Crippen LogP contribution >= 0.6 is 10.7 Å². The summed E-state index contributed by atoms with van der Waals surface area (Å²) in [6.45, 7) is 5.77. The lowest BCUT2D eigenvalue weighted by molar-refractivity contribution is 0.591. The Morgan fingerprint density at radius 3 is 1.80 bits per heavy atom. The number of nitrogens with one attached hydrogen (secondary N) is 3. The van der Waals surface area contributed by atoms with Crippen LogP contribution in [0, 0.1) is 0 Å². The molecule has 0 aliphatic carbocycles. The van der Waals surface area contributed by atoms with Gasteiger partial charge in [0.15, 0.2) is 0 Å². The number of H-pyrrole nitrogens is 2.